The minimum atomic E-state index is -0.230. The third-order valence-electron chi connectivity index (χ3n) is 3.12. The van der Waals surface area contributed by atoms with Gasteiger partial charge in [0.2, 0.25) is 0 Å². The van der Waals surface area contributed by atoms with Crippen LogP contribution in [-0.4, -0.2) is 39.7 Å². The number of nitrogens with one attached hydrogen (secondary N) is 1. The highest BCUT2D eigenvalue weighted by atomic mass is 19.1. The summed E-state index contributed by atoms with van der Waals surface area (Å²) < 4.78 is 14.7. The highest BCUT2D eigenvalue weighted by molar-refractivity contribution is 5.79. The molecule has 1 aromatic heterocycles. The van der Waals surface area contributed by atoms with Crippen LogP contribution in [0.25, 0.3) is 0 Å². The average Bonchev–Trinajstić information content (AvgIpc) is 2.88. The first kappa shape index (κ1) is 15.0. The van der Waals surface area contributed by atoms with Crippen LogP contribution >= 0.6 is 0 Å². The van der Waals surface area contributed by atoms with Gasteiger partial charge in [0, 0.05) is 27.7 Å². The van der Waals surface area contributed by atoms with Gasteiger partial charge in [0.05, 0.1) is 6.54 Å². The van der Waals surface area contributed by atoms with Crippen molar-refractivity contribution in [1.29, 1.82) is 0 Å². The molecule has 0 bridgehead atoms. The van der Waals surface area contributed by atoms with Crippen molar-refractivity contribution in [3.63, 3.8) is 0 Å². The van der Waals surface area contributed by atoms with Gasteiger partial charge in [-0.3, -0.25) is 4.99 Å². The van der Waals surface area contributed by atoms with Gasteiger partial charge < -0.3 is 14.8 Å². The smallest absolute Gasteiger partial charge is 0.194 e. The van der Waals surface area contributed by atoms with Crippen molar-refractivity contribution in [3.05, 3.63) is 47.8 Å². The van der Waals surface area contributed by atoms with Gasteiger partial charge in [-0.1, -0.05) is 12.1 Å². The van der Waals surface area contributed by atoms with Crippen LogP contribution in [0.5, 0.6) is 0 Å². The van der Waals surface area contributed by atoms with Gasteiger partial charge in [0.15, 0.2) is 11.8 Å². The van der Waals surface area contributed by atoms with Gasteiger partial charge in [0.1, 0.15) is 12.1 Å². The van der Waals surface area contributed by atoms with E-state index in [2.05, 4.69) is 20.5 Å². The number of rotatable bonds is 4. The van der Waals surface area contributed by atoms with Crippen molar-refractivity contribution in [3.8, 4) is 0 Å². The van der Waals surface area contributed by atoms with Crippen LogP contribution in [0.15, 0.2) is 35.6 Å². The quantitative estimate of drug-likeness (QED) is 0.678. The molecule has 0 saturated heterocycles. The first-order chi connectivity index (χ1) is 10.1. The zero-order chi connectivity index (χ0) is 15.2. The lowest BCUT2D eigenvalue weighted by atomic mass is 10.2. The van der Waals surface area contributed by atoms with E-state index < -0.39 is 0 Å². The predicted molar refractivity (Wildman–Crippen MR) is 79.1 cm³/mol. The van der Waals surface area contributed by atoms with Crippen molar-refractivity contribution in [2.24, 2.45) is 12.0 Å². The standard InChI is InChI=1S/C14H19FN6/c1-16-14(17-8-13-19-18-10-21(13)3)20(2)9-11-4-6-12(15)7-5-11/h4-7,10H,8-9H2,1-3H3,(H,16,17). The van der Waals surface area contributed by atoms with Gasteiger partial charge in [-0.05, 0) is 17.7 Å². The van der Waals surface area contributed by atoms with Crippen LogP contribution in [0, 0.1) is 5.82 Å². The first-order valence-electron chi connectivity index (χ1n) is 6.59. The summed E-state index contributed by atoms with van der Waals surface area (Å²) in [6, 6.07) is 6.45. The SMILES string of the molecule is CN=C(NCc1nncn1C)N(C)Cc1ccc(F)cc1. The molecular weight excluding hydrogens is 271 g/mol. The minimum Gasteiger partial charge on any atom is -0.349 e. The molecule has 0 radical (unpaired) electrons. The largest absolute Gasteiger partial charge is 0.349 e. The number of guanidine groups is 1. The summed E-state index contributed by atoms with van der Waals surface area (Å²) in [5.74, 6) is 1.33. The molecule has 0 atom stereocenters. The lowest BCUT2D eigenvalue weighted by Crippen LogP contribution is -2.38. The molecule has 2 aromatic rings. The summed E-state index contributed by atoms with van der Waals surface area (Å²) in [7, 11) is 5.54. The van der Waals surface area contributed by atoms with Gasteiger partial charge in [-0.25, -0.2) is 4.39 Å². The van der Waals surface area contributed by atoms with E-state index in [4.69, 9.17) is 0 Å². The van der Waals surface area contributed by atoms with E-state index in [-0.39, 0.29) is 5.82 Å². The summed E-state index contributed by atoms with van der Waals surface area (Å²) in [5, 5.41) is 11.1. The topological polar surface area (TPSA) is 58.3 Å². The predicted octanol–water partition coefficient (Wildman–Crippen LogP) is 1.16. The molecule has 0 spiro atoms. The summed E-state index contributed by atoms with van der Waals surface area (Å²) in [4.78, 5) is 6.19. The Morgan fingerprint density at radius 1 is 1.38 bits per heavy atom. The van der Waals surface area contributed by atoms with E-state index in [1.807, 2.05) is 23.6 Å². The second-order valence-corrected chi connectivity index (χ2v) is 4.74. The number of halogens is 1. The highest BCUT2D eigenvalue weighted by Gasteiger charge is 2.08. The fraction of sp³-hybridized carbons (Fsp3) is 0.357. The highest BCUT2D eigenvalue weighted by Crippen LogP contribution is 2.05. The Labute approximate surface area is 123 Å². The van der Waals surface area contributed by atoms with Crippen molar-refractivity contribution < 1.29 is 4.39 Å². The molecule has 2 rings (SSSR count). The monoisotopic (exact) mass is 290 g/mol. The molecule has 0 amide bonds. The molecular formula is C14H19FN6. The molecule has 0 fully saturated rings. The zero-order valence-corrected chi connectivity index (χ0v) is 12.4. The Balaban J connectivity index is 1.94. The molecule has 21 heavy (non-hydrogen) atoms. The van der Waals surface area contributed by atoms with Crippen molar-refractivity contribution in [1.82, 2.24) is 25.0 Å². The maximum Gasteiger partial charge on any atom is 0.194 e. The van der Waals surface area contributed by atoms with E-state index in [1.165, 1.54) is 12.1 Å². The lowest BCUT2D eigenvalue weighted by molar-refractivity contribution is 0.474. The van der Waals surface area contributed by atoms with Crippen molar-refractivity contribution >= 4 is 5.96 Å². The van der Waals surface area contributed by atoms with Gasteiger partial charge in [-0.15, -0.1) is 10.2 Å². The number of benzene rings is 1. The van der Waals surface area contributed by atoms with Gasteiger partial charge in [0.25, 0.3) is 0 Å². The molecule has 0 aliphatic carbocycles. The maximum atomic E-state index is 12.9. The summed E-state index contributed by atoms with van der Waals surface area (Å²) in [5.41, 5.74) is 1.01. The molecule has 0 saturated carbocycles. The van der Waals surface area contributed by atoms with E-state index >= 15 is 0 Å². The third kappa shape index (κ3) is 4.01. The van der Waals surface area contributed by atoms with Crippen molar-refractivity contribution in [2.75, 3.05) is 14.1 Å². The second kappa shape index (κ2) is 6.83. The Bertz CT molecular complexity index is 604. The number of nitrogens with zero attached hydrogens (tertiary/aromatic N) is 5. The van der Waals surface area contributed by atoms with E-state index in [1.54, 1.807) is 25.5 Å². The van der Waals surface area contributed by atoms with E-state index in [0.29, 0.717) is 13.1 Å². The van der Waals surface area contributed by atoms with E-state index in [9.17, 15) is 4.39 Å². The lowest BCUT2D eigenvalue weighted by Gasteiger charge is -2.22. The number of aryl methyl sites for hydroxylation is 1. The molecule has 0 aliphatic heterocycles. The van der Waals surface area contributed by atoms with E-state index in [0.717, 1.165) is 17.3 Å². The number of aromatic nitrogens is 3. The maximum absolute atomic E-state index is 12.9. The van der Waals surface area contributed by atoms with Crippen LogP contribution < -0.4 is 5.32 Å². The fourth-order valence-corrected chi connectivity index (χ4v) is 1.95. The number of aliphatic imine (C=N–C) groups is 1. The Morgan fingerprint density at radius 3 is 2.67 bits per heavy atom. The molecule has 1 heterocycles. The molecule has 112 valence electrons. The molecule has 6 nitrogen and oxygen atoms in total. The van der Waals surface area contributed by atoms with Crippen LogP contribution in [-0.2, 0) is 20.1 Å². The Kier molecular flexibility index (Phi) is 4.86. The summed E-state index contributed by atoms with van der Waals surface area (Å²) in [6.45, 7) is 1.18. The van der Waals surface area contributed by atoms with Gasteiger partial charge in [-0.2, -0.15) is 0 Å². The Morgan fingerprint density at radius 2 is 2.10 bits per heavy atom. The molecule has 7 heteroatoms. The average molecular weight is 290 g/mol. The minimum absolute atomic E-state index is 0.230. The summed E-state index contributed by atoms with van der Waals surface area (Å²) in [6.07, 6.45) is 1.65. The number of hydrogen-bond donors (Lipinski definition) is 1. The fourth-order valence-electron chi connectivity index (χ4n) is 1.95. The molecule has 1 N–H and O–H groups in total. The normalized spacial score (nSPS) is 11.5. The molecule has 0 aliphatic rings. The summed E-state index contributed by atoms with van der Waals surface area (Å²) >= 11 is 0. The number of hydrogen-bond acceptors (Lipinski definition) is 3. The van der Waals surface area contributed by atoms with Crippen LogP contribution in [0.4, 0.5) is 4.39 Å². The second-order valence-electron chi connectivity index (χ2n) is 4.74. The third-order valence-corrected chi connectivity index (χ3v) is 3.12. The van der Waals surface area contributed by atoms with Crippen LogP contribution in [0.2, 0.25) is 0 Å². The van der Waals surface area contributed by atoms with Crippen LogP contribution in [0.3, 0.4) is 0 Å². The zero-order valence-electron chi connectivity index (χ0n) is 12.4. The molecule has 0 unspecified atom stereocenters. The first-order valence-corrected chi connectivity index (χ1v) is 6.59. The van der Waals surface area contributed by atoms with Crippen molar-refractivity contribution in [2.45, 2.75) is 13.1 Å². The van der Waals surface area contributed by atoms with Crippen LogP contribution in [0.1, 0.15) is 11.4 Å². The Hall–Kier alpha value is -2.44. The van der Waals surface area contributed by atoms with Gasteiger partial charge >= 0.3 is 0 Å². The molecule has 1 aromatic carbocycles.